The number of nitrogens with zero attached hydrogens (tertiary/aromatic N) is 3. The Morgan fingerprint density at radius 3 is 2.88 bits per heavy atom. The van der Waals surface area contributed by atoms with E-state index in [1.807, 2.05) is 13.0 Å². The van der Waals surface area contributed by atoms with E-state index in [1.54, 1.807) is 12.0 Å². The van der Waals surface area contributed by atoms with Crippen LogP contribution in [0.1, 0.15) is 17.9 Å². The number of carbonyl (C=O) groups excluding carboxylic acids is 1. The van der Waals surface area contributed by atoms with Gasteiger partial charge in [0.25, 0.3) is 5.56 Å². The van der Waals surface area contributed by atoms with Gasteiger partial charge in [0, 0.05) is 63.8 Å². The topological polar surface area (TPSA) is 110 Å². The average molecular weight is 362 g/mol. The summed E-state index contributed by atoms with van der Waals surface area (Å²) in [4.78, 5) is 39.2. The van der Waals surface area contributed by atoms with Gasteiger partial charge >= 0.3 is 5.69 Å². The highest BCUT2D eigenvalue weighted by molar-refractivity contribution is 5.76. The van der Waals surface area contributed by atoms with Crippen LogP contribution in [0.4, 0.5) is 0 Å². The van der Waals surface area contributed by atoms with Gasteiger partial charge in [-0.05, 0) is 6.92 Å². The van der Waals surface area contributed by atoms with E-state index in [0.717, 1.165) is 11.5 Å². The maximum atomic E-state index is 12.5. The molecule has 2 aromatic rings. The van der Waals surface area contributed by atoms with Gasteiger partial charge < -0.3 is 18.7 Å². The fraction of sp³-hybridized carbons (Fsp3) is 0.529. The zero-order valence-corrected chi connectivity index (χ0v) is 14.8. The molecule has 1 saturated heterocycles. The SMILES string of the molecule is CO[C@H]1CN(C(=O)CCn2ccc(=O)[nH]c2=O)C[C@H]1Cc1cc(C)no1. The zero-order chi connectivity index (χ0) is 18.7. The first kappa shape index (κ1) is 18.1. The number of methoxy groups -OCH3 is 1. The number of aromatic nitrogens is 3. The smallest absolute Gasteiger partial charge is 0.328 e. The first-order valence-electron chi connectivity index (χ1n) is 8.49. The van der Waals surface area contributed by atoms with E-state index >= 15 is 0 Å². The van der Waals surface area contributed by atoms with Crippen molar-refractivity contribution in [3.63, 3.8) is 0 Å². The van der Waals surface area contributed by atoms with Crippen molar-refractivity contribution < 1.29 is 14.1 Å². The van der Waals surface area contributed by atoms with Gasteiger partial charge in [0.05, 0.1) is 11.8 Å². The van der Waals surface area contributed by atoms with Gasteiger partial charge in [0.2, 0.25) is 5.91 Å². The fourth-order valence-corrected chi connectivity index (χ4v) is 3.27. The molecule has 1 aliphatic heterocycles. The molecule has 1 amide bonds. The monoisotopic (exact) mass is 362 g/mol. The molecule has 2 aromatic heterocycles. The number of hydrogen-bond donors (Lipinski definition) is 1. The largest absolute Gasteiger partial charge is 0.379 e. The van der Waals surface area contributed by atoms with E-state index in [4.69, 9.17) is 9.26 Å². The average Bonchev–Trinajstić information content (AvgIpc) is 3.20. The van der Waals surface area contributed by atoms with Crippen molar-refractivity contribution in [2.45, 2.75) is 32.4 Å². The molecule has 0 aromatic carbocycles. The van der Waals surface area contributed by atoms with Gasteiger partial charge in [-0.3, -0.25) is 14.6 Å². The second-order valence-electron chi connectivity index (χ2n) is 6.53. The summed E-state index contributed by atoms with van der Waals surface area (Å²) in [5.74, 6) is 0.858. The van der Waals surface area contributed by atoms with Gasteiger partial charge in [-0.15, -0.1) is 0 Å². The van der Waals surface area contributed by atoms with E-state index in [0.29, 0.717) is 19.5 Å². The van der Waals surface area contributed by atoms with Gasteiger partial charge in [-0.25, -0.2) is 4.79 Å². The summed E-state index contributed by atoms with van der Waals surface area (Å²) < 4.78 is 12.1. The van der Waals surface area contributed by atoms with Crippen LogP contribution in [0.15, 0.2) is 32.4 Å². The van der Waals surface area contributed by atoms with Crippen LogP contribution in [0.25, 0.3) is 0 Å². The molecule has 3 rings (SSSR count). The van der Waals surface area contributed by atoms with Crippen molar-refractivity contribution in [3.05, 3.63) is 50.6 Å². The van der Waals surface area contributed by atoms with E-state index in [2.05, 4.69) is 10.1 Å². The number of likely N-dealkylation sites (tertiary alicyclic amines) is 1. The van der Waals surface area contributed by atoms with Gasteiger partial charge in [0.1, 0.15) is 5.76 Å². The first-order valence-corrected chi connectivity index (χ1v) is 8.49. The second-order valence-corrected chi connectivity index (χ2v) is 6.53. The molecule has 0 bridgehead atoms. The van der Waals surface area contributed by atoms with Crippen LogP contribution < -0.4 is 11.2 Å². The van der Waals surface area contributed by atoms with E-state index in [9.17, 15) is 14.4 Å². The normalized spacial score (nSPS) is 19.8. The van der Waals surface area contributed by atoms with Gasteiger partial charge in [-0.2, -0.15) is 0 Å². The van der Waals surface area contributed by atoms with E-state index < -0.39 is 11.2 Å². The van der Waals surface area contributed by atoms with Crippen LogP contribution in [-0.2, 0) is 22.5 Å². The number of aromatic amines is 1. The summed E-state index contributed by atoms with van der Waals surface area (Å²) in [5.41, 5.74) is -0.142. The molecule has 0 aliphatic carbocycles. The molecule has 1 N–H and O–H groups in total. The third-order valence-electron chi connectivity index (χ3n) is 4.64. The maximum absolute atomic E-state index is 12.5. The summed E-state index contributed by atoms with van der Waals surface area (Å²) in [6.45, 7) is 3.16. The molecule has 9 nitrogen and oxygen atoms in total. The zero-order valence-electron chi connectivity index (χ0n) is 14.8. The Hall–Kier alpha value is -2.68. The van der Waals surface area contributed by atoms with Crippen LogP contribution in [0.3, 0.4) is 0 Å². The summed E-state index contributed by atoms with van der Waals surface area (Å²) >= 11 is 0. The Labute approximate surface area is 149 Å². The lowest BCUT2D eigenvalue weighted by atomic mass is 10.0. The molecule has 0 saturated carbocycles. The molecule has 3 heterocycles. The lowest BCUT2D eigenvalue weighted by molar-refractivity contribution is -0.130. The van der Waals surface area contributed by atoms with Crippen LogP contribution in [-0.4, -0.2) is 51.8 Å². The minimum absolute atomic E-state index is 0.0543. The molecule has 140 valence electrons. The first-order chi connectivity index (χ1) is 12.5. The number of ether oxygens (including phenoxy) is 1. The third kappa shape index (κ3) is 4.10. The second kappa shape index (κ2) is 7.69. The third-order valence-corrected chi connectivity index (χ3v) is 4.64. The predicted molar refractivity (Wildman–Crippen MR) is 91.8 cm³/mol. The summed E-state index contributed by atoms with van der Waals surface area (Å²) in [6.07, 6.45) is 2.16. The minimum atomic E-state index is -0.514. The number of aryl methyl sites for hydroxylation is 2. The molecule has 1 aliphatic rings. The summed E-state index contributed by atoms with van der Waals surface area (Å²) in [5, 5.41) is 3.89. The Morgan fingerprint density at radius 1 is 1.42 bits per heavy atom. The minimum Gasteiger partial charge on any atom is -0.379 e. The van der Waals surface area contributed by atoms with Gasteiger partial charge in [-0.1, -0.05) is 5.16 Å². The molecule has 1 fully saturated rings. The standard InChI is InChI=1S/C17H22N4O5/c1-11-7-13(26-19-11)8-12-9-21(10-14(12)25-2)16(23)4-6-20-5-3-15(22)18-17(20)24/h3,5,7,12,14H,4,6,8-10H2,1-2H3,(H,18,22,24)/t12-,14+/m1/s1. The highest BCUT2D eigenvalue weighted by Crippen LogP contribution is 2.24. The molecular weight excluding hydrogens is 340 g/mol. The molecular formula is C17H22N4O5. The van der Waals surface area contributed by atoms with Crippen molar-refractivity contribution in [1.29, 1.82) is 0 Å². The molecule has 2 atom stereocenters. The molecule has 26 heavy (non-hydrogen) atoms. The molecule has 0 unspecified atom stereocenters. The Morgan fingerprint density at radius 2 is 2.23 bits per heavy atom. The Bertz CT molecular complexity index is 884. The molecule has 9 heteroatoms. The number of amides is 1. The highest BCUT2D eigenvalue weighted by atomic mass is 16.5. The molecule has 0 spiro atoms. The van der Waals surface area contributed by atoms with Crippen molar-refractivity contribution in [3.8, 4) is 0 Å². The Balaban J connectivity index is 1.59. The van der Waals surface area contributed by atoms with Gasteiger partial charge in [0.15, 0.2) is 0 Å². The summed E-state index contributed by atoms with van der Waals surface area (Å²) in [7, 11) is 1.64. The van der Waals surface area contributed by atoms with Crippen LogP contribution in [0.5, 0.6) is 0 Å². The number of carbonyl (C=O) groups is 1. The Kier molecular flexibility index (Phi) is 5.36. The maximum Gasteiger partial charge on any atom is 0.328 e. The van der Waals surface area contributed by atoms with Crippen molar-refractivity contribution in [1.82, 2.24) is 19.6 Å². The quantitative estimate of drug-likeness (QED) is 0.771. The van der Waals surface area contributed by atoms with Crippen LogP contribution in [0, 0.1) is 12.8 Å². The lowest BCUT2D eigenvalue weighted by Crippen LogP contribution is -2.33. The number of H-pyrrole nitrogens is 1. The highest BCUT2D eigenvalue weighted by Gasteiger charge is 2.35. The number of hydrogen-bond acceptors (Lipinski definition) is 6. The van der Waals surface area contributed by atoms with Crippen molar-refractivity contribution in [2.24, 2.45) is 5.92 Å². The van der Waals surface area contributed by atoms with Crippen molar-refractivity contribution in [2.75, 3.05) is 20.2 Å². The fourth-order valence-electron chi connectivity index (χ4n) is 3.27. The lowest BCUT2D eigenvalue weighted by Gasteiger charge is -2.16. The number of rotatable bonds is 6. The van der Waals surface area contributed by atoms with Crippen LogP contribution >= 0.6 is 0 Å². The van der Waals surface area contributed by atoms with E-state index in [-0.39, 0.29) is 30.9 Å². The van der Waals surface area contributed by atoms with E-state index in [1.165, 1.54) is 16.8 Å². The summed E-state index contributed by atoms with van der Waals surface area (Å²) in [6, 6.07) is 3.15. The van der Waals surface area contributed by atoms with Crippen LogP contribution in [0.2, 0.25) is 0 Å². The number of nitrogens with one attached hydrogen (secondary N) is 1. The van der Waals surface area contributed by atoms with Crippen molar-refractivity contribution >= 4 is 5.91 Å². The predicted octanol–water partition coefficient (Wildman–Crippen LogP) is -0.0608. The molecule has 0 radical (unpaired) electrons.